The topological polar surface area (TPSA) is 61.9 Å². The smallest absolute Gasteiger partial charge is 0.264 e. The normalized spacial score (nSPS) is 10.5. The van der Waals surface area contributed by atoms with E-state index in [0.29, 0.717) is 12.4 Å². The van der Waals surface area contributed by atoms with Crippen LogP contribution in [0.4, 0.5) is 0 Å². The van der Waals surface area contributed by atoms with Gasteiger partial charge in [0.2, 0.25) is 0 Å². The van der Waals surface area contributed by atoms with E-state index in [9.17, 15) is 4.79 Å². The molecule has 0 spiro atoms. The monoisotopic (exact) mass is 298 g/mol. The number of aromatic nitrogens is 3. The summed E-state index contributed by atoms with van der Waals surface area (Å²) in [6.07, 6.45) is 1.44. The molecule has 6 heteroatoms. The van der Waals surface area contributed by atoms with Crippen LogP contribution in [-0.4, -0.2) is 33.0 Å². The van der Waals surface area contributed by atoms with Crippen LogP contribution in [0.1, 0.15) is 15.5 Å². The summed E-state index contributed by atoms with van der Waals surface area (Å²) in [6.45, 7) is 0.408. The number of H-pyrrole nitrogens is 1. The third-order valence-corrected chi connectivity index (χ3v) is 4.05. The van der Waals surface area contributed by atoms with Gasteiger partial charge >= 0.3 is 0 Å². The predicted octanol–water partition coefficient (Wildman–Crippen LogP) is 2.81. The highest BCUT2D eigenvalue weighted by atomic mass is 32.1. The number of aromatic amines is 1. The summed E-state index contributed by atoms with van der Waals surface area (Å²) in [6, 6.07) is 11.9. The molecular formula is C15H14N4OS. The third kappa shape index (κ3) is 2.85. The van der Waals surface area contributed by atoms with Gasteiger partial charge in [0.15, 0.2) is 0 Å². The largest absolute Gasteiger partial charge is 0.333 e. The van der Waals surface area contributed by atoms with Crippen LogP contribution in [-0.2, 0) is 6.54 Å². The molecule has 0 saturated heterocycles. The number of hydrogen-bond donors (Lipinski definition) is 1. The fourth-order valence-corrected chi connectivity index (χ4v) is 3.01. The first-order valence-corrected chi connectivity index (χ1v) is 7.36. The lowest BCUT2D eigenvalue weighted by molar-refractivity contribution is 0.0787. The van der Waals surface area contributed by atoms with Crippen LogP contribution < -0.4 is 0 Å². The fourth-order valence-electron chi connectivity index (χ4n) is 2.10. The van der Waals surface area contributed by atoms with Gasteiger partial charge in [-0.2, -0.15) is 5.10 Å². The van der Waals surface area contributed by atoms with E-state index in [-0.39, 0.29) is 5.91 Å². The lowest BCUT2D eigenvalue weighted by atomic mass is 10.1. The first kappa shape index (κ1) is 13.5. The Morgan fingerprint density at radius 2 is 2.10 bits per heavy atom. The molecule has 0 bridgehead atoms. The van der Waals surface area contributed by atoms with Crippen molar-refractivity contribution in [1.29, 1.82) is 0 Å². The van der Waals surface area contributed by atoms with Crippen molar-refractivity contribution in [2.45, 2.75) is 6.54 Å². The van der Waals surface area contributed by atoms with Crippen molar-refractivity contribution in [3.8, 4) is 11.1 Å². The number of rotatable bonds is 4. The van der Waals surface area contributed by atoms with Gasteiger partial charge in [-0.25, -0.2) is 4.98 Å². The van der Waals surface area contributed by atoms with Gasteiger partial charge in [-0.3, -0.25) is 9.89 Å². The number of nitrogens with zero attached hydrogens (tertiary/aromatic N) is 3. The SMILES string of the molecule is CN(Cc1ncn[nH]1)C(=O)c1sccc1-c1ccccc1. The quantitative estimate of drug-likeness (QED) is 0.805. The molecule has 3 aromatic rings. The van der Waals surface area contributed by atoms with E-state index in [1.54, 1.807) is 11.9 Å². The maximum absolute atomic E-state index is 12.6. The van der Waals surface area contributed by atoms with Gasteiger partial charge < -0.3 is 4.90 Å². The molecule has 0 atom stereocenters. The van der Waals surface area contributed by atoms with E-state index in [1.165, 1.54) is 17.7 Å². The highest BCUT2D eigenvalue weighted by molar-refractivity contribution is 7.12. The third-order valence-electron chi connectivity index (χ3n) is 3.14. The van der Waals surface area contributed by atoms with Gasteiger partial charge in [-0.05, 0) is 17.0 Å². The fraction of sp³-hybridized carbons (Fsp3) is 0.133. The average Bonchev–Trinajstić information content (AvgIpc) is 3.18. The van der Waals surface area contributed by atoms with Gasteiger partial charge in [0.1, 0.15) is 12.2 Å². The van der Waals surface area contributed by atoms with Gasteiger partial charge in [0, 0.05) is 12.6 Å². The molecule has 3 rings (SSSR count). The van der Waals surface area contributed by atoms with Gasteiger partial charge in [-0.1, -0.05) is 30.3 Å². The summed E-state index contributed by atoms with van der Waals surface area (Å²) in [7, 11) is 1.76. The summed E-state index contributed by atoms with van der Waals surface area (Å²) in [5.74, 6) is 0.656. The van der Waals surface area contributed by atoms with E-state index in [1.807, 2.05) is 41.8 Å². The van der Waals surface area contributed by atoms with E-state index < -0.39 is 0 Å². The Morgan fingerprint density at radius 1 is 1.29 bits per heavy atom. The molecule has 0 aliphatic heterocycles. The van der Waals surface area contributed by atoms with Crippen LogP contribution in [0.3, 0.4) is 0 Å². The van der Waals surface area contributed by atoms with Crippen molar-refractivity contribution < 1.29 is 4.79 Å². The number of thiophene rings is 1. The number of carbonyl (C=O) groups excluding carboxylic acids is 1. The number of nitrogens with one attached hydrogen (secondary N) is 1. The zero-order valence-corrected chi connectivity index (χ0v) is 12.3. The summed E-state index contributed by atoms with van der Waals surface area (Å²) in [5, 5.41) is 8.50. The number of amides is 1. The van der Waals surface area contributed by atoms with Gasteiger partial charge in [-0.15, -0.1) is 11.3 Å². The molecule has 0 aliphatic carbocycles. The molecule has 21 heavy (non-hydrogen) atoms. The minimum absolute atomic E-state index is 0.0137. The molecule has 1 amide bonds. The second-order valence-electron chi connectivity index (χ2n) is 4.62. The highest BCUT2D eigenvalue weighted by Gasteiger charge is 2.19. The summed E-state index contributed by atoms with van der Waals surface area (Å²) in [4.78, 5) is 19.0. The molecule has 0 saturated carbocycles. The van der Waals surface area contributed by atoms with Crippen molar-refractivity contribution >= 4 is 17.2 Å². The Bertz CT molecular complexity index is 721. The van der Waals surface area contributed by atoms with Crippen molar-refractivity contribution in [2.24, 2.45) is 0 Å². The number of benzene rings is 1. The minimum atomic E-state index is -0.0137. The molecule has 106 valence electrons. The molecule has 2 aromatic heterocycles. The van der Waals surface area contributed by atoms with Gasteiger partial charge in [0.05, 0.1) is 11.4 Å². The molecule has 2 heterocycles. The Morgan fingerprint density at radius 3 is 2.81 bits per heavy atom. The molecule has 0 fully saturated rings. The van der Waals surface area contributed by atoms with Crippen molar-refractivity contribution in [3.63, 3.8) is 0 Å². The molecule has 0 unspecified atom stereocenters. The maximum Gasteiger partial charge on any atom is 0.264 e. The Kier molecular flexibility index (Phi) is 3.79. The average molecular weight is 298 g/mol. The molecule has 0 radical (unpaired) electrons. The molecule has 1 aromatic carbocycles. The number of hydrogen-bond acceptors (Lipinski definition) is 4. The molecule has 1 N–H and O–H groups in total. The van der Waals surface area contributed by atoms with Gasteiger partial charge in [0.25, 0.3) is 5.91 Å². The van der Waals surface area contributed by atoms with Crippen molar-refractivity contribution in [2.75, 3.05) is 7.05 Å². The summed E-state index contributed by atoms with van der Waals surface area (Å²) < 4.78 is 0. The zero-order chi connectivity index (χ0) is 14.7. The standard InChI is InChI=1S/C15H14N4OS/c1-19(9-13-16-10-17-18-13)15(20)14-12(7-8-21-14)11-5-3-2-4-6-11/h2-8,10H,9H2,1H3,(H,16,17,18). The lowest BCUT2D eigenvalue weighted by Crippen LogP contribution is -2.26. The number of carbonyl (C=O) groups is 1. The Labute approximate surface area is 126 Å². The summed E-state index contributed by atoms with van der Waals surface area (Å²) in [5.41, 5.74) is 2.02. The molecular weight excluding hydrogens is 284 g/mol. The molecule has 0 aliphatic rings. The minimum Gasteiger partial charge on any atom is -0.333 e. The lowest BCUT2D eigenvalue weighted by Gasteiger charge is -2.15. The second-order valence-corrected chi connectivity index (χ2v) is 5.54. The zero-order valence-electron chi connectivity index (χ0n) is 11.5. The van der Waals surface area contributed by atoms with Crippen LogP contribution in [0.5, 0.6) is 0 Å². The second kappa shape index (κ2) is 5.88. The van der Waals surface area contributed by atoms with Crippen LogP contribution in [0.25, 0.3) is 11.1 Å². The van der Waals surface area contributed by atoms with E-state index in [0.717, 1.165) is 16.0 Å². The van der Waals surface area contributed by atoms with E-state index in [2.05, 4.69) is 15.2 Å². The Balaban J connectivity index is 1.84. The van der Waals surface area contributed by atoms with Crippen LogP contribution in [0.15, 0.2) is 48.1 Å². The first-order valence-electron chi connectivity index (χ1n) is 6.48. The predicted molar refractivity (Wildman–Crippen MR) is 81.9 cm³/mol. The van der Waals surface area contributed by atoms with E-state index >= 15 is 0 Å². The molecule has 5 nitrogen and oxygen atoms in total. The van der Waals surface area contributed by atoms with Crippen molar-refractivity contribution in [1.82, 2.24) is 20.1 Å². The highest BCUT2D eigenvalue weighted by Crippen LogP contribution is 2.29. The van der Waals surface area contributed by atoms with E-state index in [4.69, 9.17) is 0 Å². The Hall–Kier alpha value is -2.47. The first-order chi connectivity index (χ1) is 10.3. The van der Waals surface area contributed by atoms with Crippen LogP contribution in [0.2, 0.25) is 0 Å². The summed E-state index contributed by atoms with van der Waals surface area (Å²) >= 11 is 1.46. The maximum atomic E-state index is 12.6. The van der Waals surface area contributed by atoms with Crippen molar-refractivity contribution in [3.05, 3.63) is 58.8 Å². The van der Waals surface area contributed by atoms with Crippen LogP contribution in [0, 0.1) is 0 Å². The van der Waals surface area contributed by atoms with Crippen LogP contribution >= 0.6 is 11.3 Å².